The molecular weight excluding hydrogens is 260 g/mol. The summed E-state index contributed by atoms with van der Waals surface area (Å²) in [6.45, 7) is 14.5. The molecule has 0 saturated heterocycles. The number of methoxy groups -OCH3 is 2. The highest BCUT2D eigenvalue weighted by molar-refractivity contribution is 6.74. The Morgan fingerprint density at radius 2 is 1.84 bits per heavy atom. The maximum Gasteiger partial charge on any atom is 0.308 e. The van der Waals surface area contributed by atoms with Crippen LogP contribution in [-0.2, 0) is 18.7 Å². The number of rotatable bonds is 7. The minimum atomic E-state index is -1.98. The lowest BCUT2D eigenvalue weighted by Crippen LogP contribution is -2.47. The Morgan fingerprint density at radius 3 is 2.16 bits per heavy atom. The van der Waals surface area contributed by atoms with Crippen LogP contribution in [0.5, 0.6) is 0 Å². The Kier molecular flexibility index (Phi) is 6.97. The van der Waals surface area contributed by atoms with Crippen molar-refractivity contribution >= 4 is 14.3 Å². The van der Waals surface area contributed by atoms with E-state index in [9.17, 15) is 4.79 Å². The van der Waals surface area contributed by atoms with Crippen LogP contribution in [0, 0.1) is 0 Å². The summed E-state index contributed by atoms with van der Waals surface area (Å²) in [5.41, 5.74) is 0. The monoisotopic (exact) mass is 288 g/mol. The molecule has 0 spiro atoms. The van der Waals surface area contributed by atoms with Crippen LogP contribution in [0.4, 0.5) is 0 Å². The summed E-state index contributed by atoms with van der Waals surface area (Å²) in [6.07, 6.45) is 1.18. The molecule has 0 aliphatic carbocycles. The maximum atomic E-state index is 11.5. The van der Waals surface area contributed by atoms with Gasteiger partial charge in [0.2, 0.25) is 0 Å². The molecule has 0 aromatic heterocycles. The topological polar surface area (TPSA) is 44.8 Å². The summed E-state index contributed by atoms with van der Waals surface area (Å²) in [5, 5.41) is 0.0703. The molecule has 0 aliphatic rings. The van der Waals surface area contributed by atoms with Gasteiger partial charge in [0.1, 0.15) is 6.10 Å². The molecule has 0 aromatic rings. The summed E-state index contributed by atoms with van der Waals surface area (Å²) in [7, 11) is 0.987. The molecule has 112 valence electrons. The average Bonchev–Trinajstić information content (AvgIpc) is 2.28. The highest BCUT2D eigenvalue weighted by Gasteiger charge is 2.41. The molecule has 0 radical (unpaired) electrons. The smallest absolute Gasteiger partial charge is 0.308 e. The van der Waals surface area contributed by atoms with Crippen LogP contribution in [0.2, 0.25) is 18.1 Å². The quantitative estimate of drug-likeness (QED) is 0.410. The van der Waals surface area contributed by atoms with Crippen molar-refractivity contribution in [2.24, 2.45) is 0 Å². The van der Waals surface area contributed by atoms with Crippen LogP contribution in [0.25, 0.3) is 0 Å². The van der Waals surface area contributed by atoms with Gasteiger partial charge in [-0.2, -0.15) is 0 Å². The van der Waals surface area contributed by atoms with Crippen LogP contribution >= 0.6 is 0 Å². The van der Waals surface area contributed by atoms with Crippen LogP contribution in [0.15, 0.2) is 12.7 Å². The Hall–Kier alpha value is -0.653. The maximum absolute atomic E-state index is 11.5. The number of hydrogen-bond acceptors (Lipinski definition) is 4. The fourth-order valence-electron chi connectivity index (χ4n) is 1.43. The van der Waals surface area contributed by atoms with Crippen LogP contribution in [-0.4, -0.2) is 40.7 Å². The van der Waals surface area contributed by atoms with E-state index in [4.69, 9.17) is 13.9 Å². The summed E-state index contributed by atoms with van der Waals surface area (Å²) in [5.74, 6) is -0.299. The number of carbonyl (C=O) groups excluding carboxylic acids is 1. The molecule has 0 aliphatic heterocycles. The molecule has 0 bridgehead atoms. The Labute approximate surface area is 118 Å². The van der Waals surface area contributed by atoms with Crippen molar-refractivity contribution in [2.45, 2.75) is 57.5 Å². The molecule has 0 heterocycles. The minimum Gasteiger partial charge on any atom is -0.469 e. The zero-order valence-corrected chi connectivity index (χ0v) is 14.3. The third-order valence-electron chi connectivity index (χ3n) is 3.72. The predicted octanol–water partition coefficient (Wildman–Crippen LogP) is 3.14. The van der Waals surface area contributed by atoms with Crippen molar-refractivity contribution in [3.05, 3.63) is 12.7 Å². The summed E-state index contributed by atoms with van der Waals surface area (Å²) in [4.78, 5) is 11.5. The van der Waals surface area contributed by atoms with Crippen LogP contribution in [0.3, 0.4) is 0 Å². The van der Waals surface area contributed by atoms with Gasteiger partial charge in [-0.3, -0.25) is 4.79 Å². The van der Waals surface area contributed by atoms with E-state index in [-0.39, 0.29) is 29.6 Å². The fraction of sp³-hybridized carbons (Fsp3) is 0.786. The van der Waals surface area contributed by atoms with Gasteiger partial charge < -0.3 is 13.9 Å². The van der Waals surface area contributed by atoms with Gasteiger partial charge in [-0.15, -0.1) is 6.58 Å². The van der Waals surface area contributed by atoms with Crippen molar-refractivity contribution in [1.82, 2.24) is 0 Å². The lowest BCUT2D eigenvalue weighted by molar-refractivity contribution is -0.144. The number of hydrogen-bond donors (Lipinski definition) is 0. The first kappa shape index (κ1) is 18.3. The molecular formula is C14H28O4Si. The van der Waals surface area contributed by atoms with Gasteiger partial charge in [-0.25, -0.2) is 0 Å². The summed E-state index contributed by atoms with van der Waals surface area (Å²) < 4.78 is 16.3. The van der Waals surface area contributed by atoms with E-state index in [1.807, 2.05) is 0 Å². The molecule has 0 amide bonds. The van der Waals surface area contributed by atoms with Gasteiger partial charge in [0.15, 0.2) is 8.32 Å². The van der Waals surface area contributed by atoms with Crippen LogP contribution < -0.4 is 0 Å². The van der Waals surface area contributed by atoms with Crippen molar-refractivity contribution in [3.63, 3.8) is 0 Å². The highest BCUT2D eigenvalue weighted by Crippen LogP contribution is 2.38. The first-order valence-corrected chi connectivity index (χ1v) is 9.40. The molecule has 0 aromatic carbocycles. The van der Waals surface area contributed by atoms with E-state index in [2.05, 4.69) is 40.4 Å². The summed E-state index contributed by atoms with van der Waals surface area (Å²) in [6, 6.07) is 0. The van der Waals surface area contributed by atoms with E-state index >= 15 is 0 Å². The average molecular weight is 288 g/mol. The zero-order chi connectivity index (χ0) is 15.3. The second-order valence-corrected chi connectivity index (χ2v) is 10.9. The molecule has 19 heavy (non-hydrogen) atoms. The number of carbonyl (C=O) groups is 1. The second kappa shape index (κ2) is 7.22. The standard InChI is InChI=1S/C14H28O4Si/c1-9-11(16-5)12(10-13(15)17-6)18-19(7,8)14(2,3)4/h9,11-12H,1,10H2,2-8H3/t11-,12-/m1/s1. The molecule has 0 saturated carbocycles. The fourth-order valence-corrected chi connectivity index (χ4v) is 2.76. The Morgan fingerprint density at radius 1 is 1.32 bits per heavy atom. The normalized spacial score (nSPS) is 15.7. The van der Waals surface area contributed by atoms with Crippen molar-refractivity contribution in [3.8, 4) is 0 Å². The van der Waals surface area contributed by atoms with Gasteiger partial charge >= 0.3 is 5.97 Å². The predicted molar refractivity (Wildman–Crippen MR) is 79.7 cm³/mol. The summed E-state index contributed by atoms with van der Waals surface area (Å²) >= 11 is 0. The second-order valence-electron chi connectivity index (χ2n) is 6.13. The van der Waals surface area contributed by atoms with E-state index in [0.717, 1.165) is 0 Å². The third-order valence-corrected chi connectivity index (χ3v) is 8.22. The van der Waals surface area contributed by atoms with E-state index < -0.39 is 8.32 Å². The number of ether oxygens (including phenoxy) is 2. The molecule has 5 heteroatoms. The third kappa shape index (κ3) is 5.46. The first-order valence-electron chi connectivity index (χ1n) is 6.49. The van der Waals surface area contributed by atoms with Gasteiger partial charge in [0, 0.05) is 7.11 Å². The SMILES string of the molecule is C=C[C@@H](OC)[C@@H](CC(=O)OC)O[Si](C)(C)C(C)(C)C. The Bertz CT molecular complexity index is 307. The molecule has 0 fully saturated rings. The van der Waals surface area contributed by atoms with Crippen molar-refractivity contribution in [2.75, 3.05) is 14.2 Å². The largest absolute Gasteiger partial charge is 0.469 e. The molecule has 0 rings (SSSR count). The number of esters is 1. The molecule has 4 nitrogen and oxygen atoms in total. The van der Waals surface area contributed by atoms with Gasteiger partial charge in [0.25, 0.3) is 0 Å². The molecule has 2 atom stereocenters. The molecule has 0 unspecified atom stereocenters. The minimum absolute atomic E-state index is 0.0703. The van der Waals surface area contributed by atoms with Gasteiger partial charge in [-0.1, -0.05) is 26.8 Å². The van der Waals surface area contributed by atoms with Gasteiger partial charge in [0.05, 0.1) is 19.6 Å². The van der Waals surface area contributed by atoms with E-state index in [0.29, 0.717) is 0 Å². The van der Waals surface area contributed by atoms with Crippen LogP contribution in [0.1, 0.15) is 27.2 Å². The van der Waals surface area contributed by atoms with E-state index in [1.165, 1.54) is 7.11 Å². The molecule has 0 N–H and O–H groups in total. The Balaban J connectivity index is 5.04. The van der Waals surface area contributed by atoms with Crippen molar-refractivity contribution in [1.29, 1.82) is 0 Å². The van der Waals surface area contributed by atoms with Crippen molar-refractivity contribution < 1.29 is 18.7 Å². The zero-order valence-electron chi connectivity index (χ0n) is 13.3. The van der Waals surface area contributed by atoms with E-state index in [1.54, 1.807) is 13.2 Å². The lowest BCUT2D eigenvalue weighted by atomic mass is 10.1. The van der Waals surface area contributed by atoms with Gasteiger partial charge in [-0.05, 0) is 18.1 Å². The first-order chi connectivity index (χ1) is 8.59. The highest BCUT2D eigenvalue weighted by atomic mass is 28.4. The lowest BCUT2D eigenvalue weighted by Gasteiger charge is -2.40.